The van der Waals surface area contributed by atoms with Crippen molar-refractivity contribution < 1.29 is 4.42 Å². The summed E-state index contributed by atoms with van der Waals surface area (Å²) in [6, 6.07) is 37.1. The molecule has 1 aliphatic carbocycles. The largest absolute Gasteiger partial charge is 0.456 e. The topological polar surface area (TPSA) is 21.9 Å². The third-order valence-electron chi connectivity index (χ3n) is 7.84. The molecule has 3 nitrogen and oxygen atoms in total. The molecule has 0 atom stereocenters. The fourth-order valence-electron chi connectivity index (χ4n) is 6.10. The van der Waals surface area contributed by atoms with Crippen LogP contribution in [-0.4, -0.2) is 0 Å². The van der Waals surface area contributed by atoms with Crippen LogP contribution in [0.15, 0.2) is 114 Å². The maximum Gasteiger partial charge on any atom is 0.187 e. The summed E-state index contributed by atoms with van der Waals surface area (Å²) < 4.78 is 6.52. The van der Waals surface area contributed by atoms with Gasteiger partial charge in [0.2, 0.25) is 0 Å². The number of benzene rings is 6. The van der Waals surface area contributed by atoms with Crippen LogP contribution in [0.1, 0.15) is 0 Å². The molecule has 3 heteroatoms. The molecular weight excluding hydrogens is 476 g/mol. The lowest BCUT2D eigenvalue weighted by Crippen LogP contribution is -1.87. The molecular formula is C36H18N2O. The van der Waals surface area contributed by atoms with Crippen LogP contribution in [0.3, 0.4) is 0 Å². The first-order valence-electron chi connectivity index (χ1n) is 12.7. The summed E-state index contributed by atoms with van der Waals surface area (Å²) in [7, 11) is 0. The summed E-state index contributed by atoms with van der Waals surface area (Å²) in [5.74, 6) is 0. The average Bonchev–Trinajstić information content (AvgIpc) is 3.52. The third kappa shape index (κ3) is 3.02. The Kier molecular flexibility index (Phi) is 4.36. The summed E-state index contributed by atoms with van der Waals surface area (Å²) >= 11 is 0. The number of rotatable bonds is 2. The predicted octanol–water partition coefficient (Wildman–Crippen LogP) is 10.8. The average molecular weight is 495 g/mol. The molecule has 178 valence electrons. The van der Waals surface area contributed by atoms with E-state index in [9.17, 15) is 0 Å². The van der Waals surface area contributed by atoms with Crippen molar-refractivity contribution in [1.29, 1.82) is 0 Å². The summed E-state index contributed by atoms with van der Waals surface area (Å²) in [5, 5.41) is 4.62. The van der Waals surface area contributed by atoms with Gasteiger partial charge in [0.25, 0.3) is 0 Å². The van der Waals surface area contributed by atoms with Crippen molar-refractivity contribution in [3.63, 3.8) is 0 Å². The molecule has 7 aromatic rings. The molecule has 0 unspecified atom stereocenters. The number of furan rings is 1. The summed E-state index contributed by atoms with van der Waals surface area (Å²) in [5.41, 5.74) is 12.1. The number of hydrogen-bond acceptors (Lipinski definition) is 1. The van der Waals surface area contributed by atoms with Gasteiger partial charge in [-0.2, -0.15) is 0 Å². The Labute approximate surface area is 224 Å². The van der Waals surface area contributed by atoms with Gasteiger partial charge in [0.1, 0.15) is 11.2 Å². The first-order chi connectivity index (χ1) is 19.2. The van der Waals surface area contributed by atoms with E-state index in [4.69, 9.17) is 17.6 Å². The zero-order valence-electron chi connectivity index (χ0n) is 20.7. The highest BCUT2D eigenvalue weighted by molar-refractivity contribution is 6.25. The normalized spacial score (nSPS) is 11.5. The van der Waals surface area contributed by atoms with Gasteiger partial charge in [0, 0.05) is 16.3 Å². The minimum atomic E-state index is 0.621. The highest BCUT2D eigenvalue weighted by Gasteiger charge is 2.28. The Morgan fingerprint density at radius 3 is 1.82 bits per heavy atom. The maximum absolute atomic E-state index is 7.44. The molecule has 1 aliphatic rings. The monoisotopic (exact) mass is 494 g/mol. The van der Waals surface area contributed by atoms with Crippen molar-refractivity contribution >= 4 is 44.1 Å². The molecule has 0 saturated carbocycles. The van der Waals surface area contributed by atoms with Crippen LogP contribution in [0, 0.1) is 13.1 Å². The van der Waals surface area contributed by atoms with Crippen molar-refractivity contribution in [2.45, 2.75) is 0 Å². The van der Waals surface area contributed by atoms with Crippen LogP contribution in [0.5, 0.6) is 0 Å². The second-order valence-electron chi connectivity index (χ2n) is 9.89. The van der Waals surface area contributed by atoms with Gasteiger partial charge < -0.3 is 4.42 Å². The Bertz CT molecular complexity index is 2220. The van der Waals surface area contributed by atoms with E-state index in [0.29, 0.717) is 11.4 Å². The highest BCUT2D eigenvalue weighted by Crippen LogP contribution is 2.55. The quantitative estimate of drug-likeness (QED) is 0.219. The fourth-order valence-corrected chi connectivity index (χ4v) is 6.10. The summed E-state index contributed by atoms with van der Waals surface area (Å²) in [6.07, 6.45) is 0. The van der Waals surface area contributed by atoms with Gasteiger partial charge >= 0.3 is 0 Å². The van der Waals surface area contributed by atoms with Crippen molar-refractivity contribution in [2.24, 2.45) is 0 Å². The minimum Gasteiger partial charge on any atom is -0.456 e. The summed E-state index contributed by atoms with van der Waals surface area (Å²) in [6.45, 7) is 14.7. The predicted molar refractivity (Wildman–Crippen MR) is 159 cm³/mol. The Morgan fingerprint density at radius 1 is 0.487 bits per heavy atom. The van der Waals surface area contributed by atoms with Crippen LogP contribution in [0.25, 0.3) is 86.9 Å². The van der Waals surface area contributed by atoms with Crippen LogP contribution >= 0.6 is 0 Å². The van der Waals surface area contributed by atoms with Crippen LogP contribution in [-0.2, 0) is 0 Å². The molecule has 39 heavy (non-hydrogen) atoms. The Hall–Kier alpha value is -5.64. The molecule has 8 rings (SSSR count). The molecule has 1 aromatic heterocycles. The molecule has 0 radical (unpaired) electrons. The fraction of sp³-hybridized carbons (Fsp3) is 0. The van der Waals surface area contributed by atoms with Gasteiger partial charge in [0.05, 0.1) is 13.1 Å². The van der Waals surface area contributed by atoms with Crippen molar-refractivity contribution in [2.75, 3.05) is 0 Å². The van der Waals surface area contributed by atoms with E-state index >= 15 is 0 Å². The smallest absolute Gasteiger partial charge is 0.187 e. The van der Waals surface area contributed by atoms with Gasteiger partial charge in [0.15, 0.2) is 11.4 Å². The number of fused-ring (bicyclic) bond motifs is 6. The number of hydrogen-bond donors (Lipinski definition) is 0. The van der Waals surface area contributed by atoms with E-state index in [1.807, 2.05) is 42.5 Å². The van der Waals surface area contributed by atoms with Crippen LogP contribution in [0.4, 0.5) is 11.4 Å². The molecule has 0 saturated heterocycles. The Morgan fingerprint density at radius 2 is 1.13 bits per heavy atom. The lowest BCUT2D eigenvalue weighted by atomic mass is 9.89. The lowest BCUT2D eigenvalue weighted by molar-refractivity contribution is 0.669. The van der Waals surface area contributed by atoms with Gasteiger partial charge in [-0.05, 0) is 67.9 Å². The maximum atomic E-state index is 7.44. The van der Waals surface area contributed by atoms with Crippen LogP contribution < -0.4 is 0 Å². The molecule has 0 spiro atoms. The zero-order chi connectivity index (χ0) is 26.1. The highest BCUT2D eigenvalue weighted by atomic mass is 16.3. The molecule has 0 aliphatic heterocycles. The molecule has 0 bridgehead atoms. The van der Waals surface area contributed by atoms with Crippen molar-refractivity contribution in [3.8, 4) is 44.5 Å². The van der Waals surface area contributed by atoms with E-state index in [1.165, 1.54) is 33.0 Å². The molecule has 1 heterocycles. The van der Waals surface area contributed by atoms with Gasteiger partial charge in [-0.15, -0.1) is 0 Å². The van der Waals surface area contributed by atoms with Crippen LogP contribution in [0.2, 0.25) is 0 Å². The molecule has 0 fully saturated rings. The van der Waals surface area contributed by atoms with E-state index < -0.39 is 0 Å². The molecule has 0 N–H and O–H groups in total. The van der Waals surface area contributed by atoms with Gasteiger partial charge in [-0.1, -0.05) is 91.0 Å². The standard InChI is InChI=1S/C36H18N2O/c1-37-25-14-9-21(10-15-25)24-13-18-31-30(19-24)36-32(39-31)20-29-27-7-3-5-22-6-4-8-28(33(22)27)35(29)34(36)23-11-16-26(38-2)17-12-23/h3-20H. The SMILES string of the molecule is [C-]#[N+]c1ccc(-c2ccc3oc4cc5c(c(-c6ccc([N+]#[C-])cc6)c4c3c2)-c2cccc3cccc-5c23)cc1. The van der Waals surface area contributed by atoms with E-state index in [2.05, 4.69) is 76.4 Å². The van der Waals surface area contributed by atoms with E-state index in [-0.39, 0.29) is 0 Å². The molecule has 0 amide bonds. The first kappa shape index (κ1) is 21.4. The van der Waals surface area contributed by atoms with Gasteiger partial charge in [-0.25, -0.2) is 9.69 Å². The van der Waals surface area contributed by atoms with Crippen molar-refractivity contribution in [3.05, 3.63) is 132 Å². The van der Waals surface area contributed by atoms with Gasteiger partial charge in [-0.3, -0.25) is 0 Å². The van der Waals surface area contributed by atoms with E-state index in [1.54, 1.807) is 0 Å². The summed E-state index contributed by atoms with van der Waals surface area (Å²) in [4.78, 5) is 7.14. The Balaban J connectivity index is 1.49. The second kappa shape index (κ2) is 7.93. The third-order valence-corrected chi connectivity index (χ3v) is 7.84. The minimum absolute atomic E-state index is 0.621. The van der Waals surface area contributed by atoms with E-state index in [0.717, 1.165) is 44.2 Å². The second-order valence-corrected chi connectivity index (χ2v) is 9.89. The lowest BCUT2D eigenvalue weighted by Gasteiger charge is -2.13. The first-order valence-corrected chi connectivity index (χ1v) is 12.7. The molecule has 6 aromatic carbocycles. The van der Waals surface area contributed by atoms with Crippen molar-refractivity contribution in [1.82, 2.24) is 0 Å². The zero-order valence-corrected chi connectivity index (χ0v) is 20.7. The number of nitrogens with zero attached hydrogens (tertiary/aromatic N) is 2.